The Morgan fingerprint density at radius 1 is 1.16 bits per heavy atom. The van der Waals surface area contributed by atoms with Crippen molar-refractivity contribution in [2.75, 3.05) is 44.3 Å². The highest BCUT2D eigenvalue weighted by atomic mass is 16.5. The molecule has 0 radical (unpaired) electrons. The van der Waals surface area contributed by atoms with E-state index in [0.717, 1.165) is 63.2 Å². The third-order valence-corrected chi connectivity index (χ3v) is 6.71. The van der Waals surface area contributed by atoms with Crippen LogP contribution in [0.3, 0.4) is 0 Å². The van der Waals surface area contributed by atoms with Crippen molar-refractivity contribution in [3.8, 4) is 0 Å². The van der Waals surface area contributed by atoms with Gasteiger partial charge >= 0.3 is 6.03 Å². The fourth-order valence-corrected chi connectivity index (χ4v) is 4.91. The number of urea groups is 1. The number of ether oxygens (including phenoxy) is 1. The van der Waals surface area contributed by atoms with Gasteiger partial charge in [-0.05, 0) is 37.5 Å². The number of benzene rings is 1. The lowest BCUT2D eigenvalue weighted by Crippen LogP contribution is -2.55. The van der Waals surface area contributed by atoms with E-state index in [9.17, 15) is 9.59 Å². The van der Waals surface area contributed by atoms with Gasteiger partial charge in [-0.15, -0.1) is 0 Å². The molecular formula is C22H29N5O4. The van der Waals surface area contributed by atoms with Gasteiger partial charge in [-0.3, -0.25) is 24.8 Å². The van der Waals surface area contributed by atoms with Crippen LogP contribution in [0.15, 0.2) is 22.7 Å². The number of aromatic nitrogens is 1. The van der Waals surface area contributed by atoms with Gasteiger partial charge in [-0.25, -0.2) is 4.79 Å². The smallest absolute Gasteiger partial charge is 0.329 e. The molecule has 3 amide bonds. The van der Waals surface area contributed by atoms with Gasteiger partial charge in [0.25, 0.3) is 0 Å². The summed E-state index contributed by atoms with van der Waals surface area (Å²) < 4.78 is 11.0. The molecule has 3 aliphatic heterocycles. The monoisotopic (exact) mass is 427 g/mol. The van der Waals surface area contributed by atoms with Gasteiger partial charge in [0.15, 0.2) is 11.4 Å². The maximum absolute atomic E-state index is 12.2. The Morgan fingerprint density at radius 3 is 2.77 bits per heavy atom. The van der Waals surface area contributed by atoms with Crippen LogP contribution in [-0.2, 0) is 16.1 Å². The summed E-state index contributed by atoms with van der Waals surface area (Å²) in [5.41, 5.74) is 1.80. The Kier molecular flexibility index (Phi) is 5.64. The second-order valence-electron chi connectivity index (χ2n) is 8.75. The Morgan fingerprint density at radius 2 is 2.00 bits per heavy atom. The van der Waals surface area contributed by atoms with E-state index in [1.165, 1.54) is 4.90 Å². The van der Waals surface area contributed by atoms with Gasteiger partial charge in [-0.2, -0.15) is 0 Å². The molecule has 0 unspecified atom stereocenters. The summed E-state index contributed by atoms with van der Waals surface area (Å²) >= 11 is 0. The largest absolute Gasteiger partial charge is 0.381 e. The topological polar surface area (TPSA) is 91.2 Å². The first-order valence-electron chi connectivity index (χ1n) is 11.1. The number of rotatable bonds is 4. The molecule has 9 nitrogen and oxygen atoms in total. The number of anilines is 1. The Balaban J connectivity index is 1.29. The minimum atomic E-state index is -0.449. The zero-order valence-corrected chi connectivity index (χ0v) is 17.9. The zero-order chi connectivity index (χ0) is 21.4. The predicted molar refractivity (Wildman–Crippen MR) is 115 cm³/mol. The second-order valence-corrected chi connectivity index (χ2v) is 8.75. The van der Waals surface area contributed by atoms with E-state index in [1.54, 1.807) is 0 Å². The van der Waals surface area contributed by atoms with Crippen LogP contribution < -0.4 is 10.2 Å². The molecule has 3 aliphatic rings. The third kappa shape index (κ3) is 4.17. The molecule has 4 heterocycles. The van der Waals surface area contributed by atoms with E-state index in [1.807, 2.05) is 6.07 Å². The average molecular weight is 428 g/mol. The molecule has 3 fully saturated rings. The summed E-state index contributed by atoms with van der Waals surface area (Å²) in [7, 11) is 0. The minimum absolute atomic E-state index is 0.259. The lowest BCUT2D eigenvalue weighted by Gasteiger charge is -2.44. The summed E-state index contributed by atoms with van der Waals surface area (Å²) in [5, 5.41) is 7.25. The lowest BCUT2D eigenvalue weighted by molar-refractivity contribution is -0.120. The van der Waals surface area contributed by atoms with Gasteiger partial charge in [0.05, 0.1) is 5.39 Å². The number of hydrogen-bond donors (Lipinski definition) is 1. The standard InChI is InChI=1S/C22H29N5O4/c1-15-13-26(17-5-10-30-11-6-17)9-8-25(15)14-16-2-3-19-18(12-16)21(24-31-19)27-7-4-20(28)23-22(27)29/h2-3,12,15,17H,4-11,13-14H2,1H3,(H,23,28,29)/t15-/m1/s1. The van der Waals surface area contributed by atoms with Crippen molar-refractivity contribution >= 4 is 28.7 Å². The van der Waals surface area contributed by atoms with Gasteiger partial charge in [0, 0.05) is 64.4 Å². The molecule has 9 heteroatoms. The van der Waals surface area contributed by atoms with Crippen LogP contribution in [-0.4, -0.2) is 78.4 Å². The molecule has 2 aromatic rings. The van der Waals surface area contributed by atoms with Crippen molar-refractivity contribution in [2.45, 2.75) is 44.8 Å². The molecule has 0 bridgehead atoms. The molecule has 0 saturated carbocycles. The van der Waals surface area contributed by atoms with Crippen LogP contribution in [0.1, 0.15) is 31.7 Å². The Labute approximate surface area is 181 Å². The number of carbonyl (C=O) groups is 2. The van der Waals surface area contributed by atoms with Crippen LogP contribution in [0.25, 0.3) is 11.0 Å². The highest BCUT2D eigenvalue weighted by molar-refractivity contribution is 6.08. The van der Waals surface area contributed by atoms with Crippen molar-refractivity contribution in [3.05, 3.63) is 23.8 Å². The first-order valence-corrected chi connectivity index (χ1v) is 11.1. The van der Waals surface area contributed by atoms with Crippen LogP contribution in [0.5, 0.6) is 0 Å². The molecule has 5 rings (SSSR count). The van der Waals surface area contributed by atoms with E-state index in [2.05, 4.69) is 39.3 Å². The number of amides is 3. The summed E-state index contributed by atoms with van der Waals surface area (Å²) in [4.78, 5) is 30.3. The van der Waals surface area contributed by atoms with E-state index >= 15 is 0 Å². The predicted octanol–water partition coefficient (Wildman–Crippen LogP) is 1.96. The summed E-state index contributed by atoms with van der Waals surface area (Å²) in [6, 6.07) is 6.70. The van der Waals surface area contributed by atoms with Gasteiger partial charge in [0.1, 0.15) is 0 Å². The molecule has 3 saturated heterocycles. The number of imide groups is 1. The Hall–Kier alpha value is -2.49. The molecule has 31 heavy (non-hydrogen) atoms. The number of piperazine rings is 1. The van der Waals surface area contributed by atoms with Crippen LogP contribution >= 0.6 is 0 Å². The molecule has 0 spiro atoms. The molecule has 0 aliphatic carbocycles. The van der Waals surface area contributed by atoms with E-state index in [-0.39, 0.29) is 12.3 Å². The fourth-order valence-electron chi connectivity index (χ4n) is 4.91. The summed E-state index contributed by atoms with van der Waals surface area (Å²) in [6.45, 7) is 8.39. The second kappa shape index (κ2) is 8.57. The van der Waals surface area contributed by atoms with Crippen molar-refractivity contribution in [1.29, 1.82) is 0 Å². The number of fused-ring (bicyclic) bond motifs is 1. The zero-order valence-electron chi connectivity index (χ0n) is 17.9. The molecule has 1 aromatic heterocycles. The third-order valence-electron chi connectivity index (χ3n) is 6.71. The molecule has 1 atom stereocenters. The van der Waals surface area contributed by atoms with Crippen molar-refractivity contribution in [2.24, 2.45) is 0 Å². The number of carbonyl (C=O) groups excluding carboxylic acids is 2. The first kappa shape index (κ1) is 20.4. The lowest BCUT2D eigenvalue weighted by atomic mass is 10.0. The Bertz CT molecular complexity index is 970. The van der Waals surface area contributed by atoms with E-state index in [4.69, 9.17) is 9.26 Å². The highest BCUT2D eigenvalue weighted by Crippen LogP contribution is 2.29. The van der Waals surface area contributed by atoms with Gasteiger partial charge in [0.2, 0.25) is 5.91 Å². The van der Waals surface area contributed by atoms with E-state index in [0.29, 0.717) is 30.0 Å². The normalized spacial score (nSPS) is 24.7. The minimum Gasteiger partial charge on any atom is -0.381 e. The number of nitrogens with one attached hydrogen (secondary N) is 1. The first-order chi connectivity index (χ1) is 15.1. The van der Waals surface area contributed by atoms with Crippen LogP contribution in [0.4, 0.5) is 10.6 Å². The van der Waals surface area contributed by atoms with Crippen molar-refractivity contribution in [1.82, 2.24) is 20.3 Å². The highest BCUT2D eigenvalue weighted by Gasteiger charge is 2.30. The molecular weight excluding hydrogens is 398 g/mol. The maximum Gasteiger partial charge on any atom is 0.329 e. The quantitative estimate of drug-likeness (QED) is 0.798. The summed E-state index contributed by atoms with van der Waals surface area (Å²) in [6.07, 6.45) is 2.53. The van der Waals surface area contributed by atoms with Crippen molar-refractivity contribution < 1.29 is 18.8 Å². The fraction of sp³-hybridized carbons (Fsp3) is 0.591. The SMILES string of the molecule is C[C@@H]1CN(C2CCOCC2)CCN1Cc1ccc2onc(N3CCC(=O)NC3=O)c2c1. The van der Waals surface area contributed by atoms with Crippen LogP contribution in [0, 0.1) is 0 Å². The molecule has 1 aromatic carbocycles. The maximum atomic E-state index is 12.2. The van der Waals surface area contributed by atoms with Crippen molar-refractivity contribution in [3.63, 3.8) is 0 Å². The number of nitrogens with zero attached hydrogens (tertiary/aromatic N) is 4. The van der Waals surface area contributed by atoms with Gasteiger partial charge in [-0.1, -0.05) is 11.2 Å². The summed E-state index contributed by atoms with van der Waals surface area (Å²) in [5.74, 6) is 0.211. The average Bonchev–Trinajstić information content (AvgIpc) is 3.19. The molecule has 166 valence electrons. The van der Waals surface area contributed by atoms with E-state index < -0.39 is 6.03 Å². The number of hydrogen-bond acceptors (Lipinski definition) is 7. The van der Waals surface area contributed by atoms with Crippen LogP contribution in [0.2, 0.25) is 0 Å². The molecule has 1 N–H and O–H groups in total. The van der Waals surface area contributed by atoms with Gasteiger partial charge < -0.3 is 9.26 Å².